The summed E-state index contributed by atoms with van der Waals surface area (Å²) in [5.41, 5.74) is 1.000. The highest BCUT2D eigenvalue weighted by Gasteiger charge is 2.24. The van der Waals surface area contributed by atoms with E-state index in [0.717, 1.165) is 18.7 Å². The monoisotopic (exact) mass is 336 g/mol. The number of rotatable bonds is 7. The number of pyridine rings is 1. The number of amides is 2. The predicted molar refractivity (Wildman–Crippen MR) is 87.3 cm³/mol. The van der Waals surface area contributed by atoms with E-state index in [9.17, 15) is 9.59 Å². The molecule has 8 heteroatoms. The Hall–Kier alpha value is -2.03. The molecule has 0 aromatic carbocycles. The molecule has 2 N–H and O–H groups in total. The van der Waals surface area contributed by atoms with Gasteiger partial charge in [-0.15, -0.1) is 0 Å². The van der Waals surface area contributed by atoms with Crippen LogP contribution in [0.2, 0.25) is 0 Å². The van der Waals surface area contributed by atoms with Crippen molar-refractivity contribution in [2.75, 3.05) is 53.1 Å². The highest BCUT2D eigenvalue weighted by atomic mass is 16.5. The Kier molecular flexibility index (Phi) is 7.60. The largest absolute Gasteiger partial charge is 0.383 e. The maximum absolute atomic E-state index is 11.9. The van der Waals surface area contributed by atoms with Crippen LogP contribution in [-0.4, -0.2) is 74.8 Å². The molecule has 1 aromatic heterocycles. The van der Waals surface area contributed by atoms with Crippen LogP contribution in [0.25, 0.3) is 0 Å². The summed E-state index contributed by atoms with van der Waals surface area (Å²) in [4.78, 5) is 30.0. The Bertz CT molecular complexity index is 520. The average molecular weight is 336 g/mol. The van der Waals surface area contributed by atoms with E-state index in [1.54, 1.807) is 12.4 Å². The van der Waals surface area contributed by atoms with Crippen molar-refractivity contribution in [2.24, 2.45) is 0 Å². The summed E-state index contributed by atoms with van der Waals surface area (Å²) in [6.07, 6.45) is 3.49. The second kappa shape index (κ2) is 9.96. The van der Waals surface area contributed by atoms with E-state index in [1.807, 2.05) is 12.1 Å². The number of morpholine rings is 1. The van der Waals surface area contributed by atoms with E-state index in [1.165, 1.54) is 7.11 Å². The van der Waals surface area contributed by atoms with Crippen molar-refractivity contribution < 1.29 is 19.1 Å². The van der Waals surface area contributed by atoms with Gasteiger partial charge in [0.25, 0.3) is 0 Å². The fourth-order valence-corrected chi connectivity index (χ4v) is 2.54. The van der Waals surface area contributed by atoms with Gasteiger partial charge >= 0.3 is 11.8 Å². The van der Waals surface area contributed by atoms with E-state index >= 15 is 0 Å². The lowest BCUT2D eigenvalue weighted by molar-refractivity contribution is -0.139. The molecule has 1 fully saturated rings. The van der Waals surface area contributed by atoms with Gasteiger partial charge < -0.3 is 20.1 Å². The molecule has 0 saturated carbocycles. The predicted octanol–water partition coefficient (Wildman–Crippen LogP) is -0.666. The van der Waals surface area contributed by atoms with Gasteiger partial charge in [-0.05, 0) is 11.6 Å². The Morgan fingerprint density at radius 3 is 2.75 bits per heavy atom. The second-order valence-corrected chi connectivity index (χ2v) is 5.41. The van der Waals surface area contributed by atoms with Crippen molar-refractivity contribution in [3.63, 3.8) is 0 Å². The third kappa shape index (κ3) is 5.55. The summed E-state index contributed by atoms with van der Waals surface area (Å²) in [6, 6.07) is 3.79. The Morgan fingerprint density at radius 2 is 2.08 bits per heavy atom. The van der Waals surface area contributed by atoms with E-state index in [2.05, 4.69) is 20.5 Å². The van der Waals surface area contributed by atoms with Crippen molar-refractivity contribution in [2.45, 2.75) is 6.04 Å². The number of carbonyl (C=O) groups is 2. The zero-order valence-corrected chi connectivity index (χ0v) is 13.9. The maximum atomic E-state index is 11.9. The molecule has 8 nitrogen and oxygen atoms in total. The number of carbonyl (C=O) groups excluding carboxylic acids is 2. The van der Waals surface area contributed by atoms with Crippen LogP contribution in [0.1, 0.15) is 11.6 Å². The molecule has 2 rings (SSSR count). The number of ether oxygens (including phenoxy) is 2. The smallest absolute Gasteiger partial charge is 0.309 e. The van der Waals surface area contributed by atoms with Gasteiger partial charge in [0, 0.05) is 45.7 Å². The van der Waals surface area contributed by atoms with Crippen LogP contribution in [0.5, 0.6) is 0 Å². The van der Waals surface area contributed by atoms with Crippen molar-refractivity contribution in [1.82, 2.24) is 20.5 Å². The van der Waals surface area contributed by atoms with Crippen LogP contribution in [0.4, 0.5) is 0 Å². The fraction of sp³-hybridized carbons (Fsp3) is 0.562. The molecular formula is C16H24N4O4. The molecule has 0 spiro atoms. The lowest BCUT2D eigenvalue weighted by atomic mass is 10.1. The molecule has 132 valence electrons. The van der Waals surface area contributed by atoms with Gasteiger partial charge in [-0.3, -0.25) is 19.5 Å². The molecule has 2 amide bonds. The van der Waals surface area contributed by atoms with Crippen LogP contribution in [-0.2, 0) is 19.1 Å². The molecule has 1 unspecified atom stereocenters. The number of nitrogens with zero attached hydrogens (tertiary/aromatic N) is 2. The van der Waals surface area contributed by atoms with E-state index in [4.69, 9.17) is 9.47 Å². The highest BCUT2D eigenvalue weighted by Crippen LogP contribution is 2.20. The summed E-state index contributed by atoms with van der Waals surface area (Å²) in [5.74, 6) is -1.30. The third-order valence-electron chi connectivity index (χ3n) is 3.81. The number of methoxy groups -OCH3 is 1. The SMILES string of the molecule is COCCNC(=O)C(=O)NCC(c1cccnc1)N1CCOCC1. The summed E-state index contributed by atoms with van der Waals surface area (Å²) in [7, 11) is 1.53. The van der Waals surface area contributed by atoms with Gasteiger partial charge in [-0.1, -0.05) is 6.07 Å². The first-order valence-corrected chi connectivity index (χ1v) is 7.99. The molecule has 2 heterocycles. The zero-order chi connectivity index (χ0) is 17.2. The van der Waals surface area contributed by atoms with Crippen molar-refractivity contribution >= 4 is 11.8 Å². The lowest BCUT2D eigenvalue weighted by Crippen LogP contribution is -2.47. The molecule has 0 radical (unpaired) electrons. The molecule has 24 heavy (non-hydrogen) atoms. The van der Waals surface area contributed by atoms with E-state index in [0.29, 0.717) is 32.9 Å². The topological polar surface area (TPSA) is 92.8 Å². The molecule has 0 bridgehead atoms. The number of nitrogens with one attached hydrogen (secondary N) is 2. The first kappa shape index (κ1) is 18.3. The lowest BCUT2D eigenvalue weighted by Gasteiger charge is -2.34. The Labute approximate surface area is 141 Å². The van der Waals surface area contributed by atoms with Crippen LogP contribution in [0.3, 0.4) is 0 Å². The minimum atomic E-state index is -0.654. The first-order chi connectivity index (χ1) is 11.7. The summed E-state index contributed by atoms with van der Waals surface area (Å²) in [6.45, 7) is 3.86. The van der Waals surface area contributed by atoms with E-state index in [-0.39, 0.29) is 6.04 Å². The standard InChI is InChI=1S/C16H24N4O4/c1-23-8-5-18-15(21)16(22)19-12-14(13-3-2-4-17-11-13)20-6-9-24-10-7-20/h2-4,11,14H,5-10,12H2,1H3,(H,18,21)(H,19,22). The summed E-state index contributed by atoms with van der Waals surface area (Å²) < 4.78 is 10.2. The maximum Gasteiger partial charge on any atom is 0.309 e. The van der Waals surface area contributed by atoms with Gasteiger partial charge in [0.2, 0.25) is 0 Å². The van der Waals surface area contributed by atoms with Crippen molar-refractivity contribution in [3.8, 4) is 0 Å². The van der Waals surface area contributed by atoms with E-state index < -0.39 is 11.8 Å². The highest BCUT2D eigenvalue weighted by molar-refractivity contribution is 6.35. The van der Waals surface area contributed by atoms with Crippen LogP contribution in [0.15, 0.2) is 24.5 Å². The second-order valence-electron chi connectivity index (χ2n) is 5.41. The summed E-state index contributed by atoms with van der Waals surface area (Å²) in [5, 5.41) is 5.21. The van der Waals surface area contributed by atoms with Crippen LogP contribution < -0.4 is 10.6 Å². The molecule has 1 aliphatic rings. The molecule has 0 aliphatic carbocycles. The van der Waals surface area contributed by atoms with Crippen molar-refractivity contribution in [1.29, 1.82) is 0 Å². The molecule has 1 saturated heterocycles. The Balaban J connectivity index is 1.93. The number of hydrogen-bond acceptors (Lipinski definition) is 6. The normalized spacial score (nSPS) is 16.4. The van der Waals surface area contributed by atoms with Crippen molar-refractivity contribution in [3.05, 3.63) is 30.1 Å². The molecular weight excluding hydrogens is 312 g/mol. The van der Waals surface area contributed by atoms with Gasteiger partial charge in [-0.25, -0.2) is 0 Å². The van der Waals surface area contributed by atoms with Gasteiger partial charge in [0.15, 0.2) is 0 Å². The minimum Gasteiger partial charge on any atom is -0.383 e. The molecule has 1 aromatic rings. The quantitative estimate of drug-likeness (QED) is 0.507. The van der Waals surface area contributed by atoms with Crippen LogP contribution in [0, 0.1) is 0 Å². The molecule has 1 atom stereocenters. The number of aromatic nitrogens is 1. The minimum absolute atomic E-state index is 0.0432. The summed E-state index contributed by atoms with van der Waals surface area (Å²) >= 11 is 0. The fourth-order valence-electron chi connectivity index (χ4n) is 2.54. The van der Waals surface area contributed by atoms with Crippen LogP contribution >= 0.6 is 0 Å². The number of hydrogen-bond donors (Lipinski definition) is 2. The zero-order valence-electron chi connectivity index (χ0n) is 13.9. The third-order valence-corrected chi connectivity index (χ3v) is 3.81. The first-order valence-electron chi connectivity index (χ1n) is 7.99. The van der Waals surface area contributed by atoms with Gasteiger partial charge in [0.1, 0.15) is 0 Å². The molecule has 1 aliphatic heterocycles. The Morgan fingerprint density at radius 1 is 1.33 bits per heavy atom. The van der Waals surface area contributed by atoms with Gasteiger partial charge in [-0.2, -0.15) is 0 Å². The average Bonchev–Trinajstić information content (AvgIpc) is 2.63. The van der Waals surface area contributed by atoms with Gasteiger partial charge in [0.05, 0.1) is 25.9 Å².